The number of benzene rings is 2. The molecule has 0 aliphatic heterocycles. The maximum atomic E-state index is 12.8. The van der Waals surface area contributed by atoms with E-state index in [1.54, 1.807) is 7.11 Å². The van der Waals surface area contributed by atoms with Gasteiger partial charge in [-0.2, -0.15) is 11.8 Å². The molecular formula is C24H32O2S. The Hall–Kier alpha value is -1.74. The van der Waals surface area contributed by atoms with Gasteiger partial charge in [0, 0.05) is 17.2 Å². The molecule has 0 saturated heterocycles. The highest BCUT2D eigenvalue weighted by Gasteiger charge is 2.17. The van der Waals surface area contributed by atoms with E-state index >= 15 is 0 Å². The highest BCUT2D eigenvalue weighted by atomic mass is 32.2. The second-order valence-corrected chi connectivity index (χ2v) is 8.20. The molecule has 0 amide bonds. The minimum Gasteiger partial charge on any atom is -0.497 e. The first-order valence-corrected chi connectivity index (χ1v) is 11.1. The summed E-state index contributed by atoms with van der Waals surface area (Å²) in [6.07, 6.45) is 8.37. The van der Waals surface area contributed by atoms with Crippen molar-refractivity contribution >= 4 is 17.5 Å². The molecule has 0 radical (unpaired) electrons. The second-order valence-electron chi connectivity index (χ2n) is 6.89. The first kappa shape index (κ1) is 21.6. The Bertz CT molecular complexity index is 652. The lowest BCUT2D eigenvalue weighted by molar-refractivity contribution is 0.0982. The van der Waals surface area contributed by atoms with Gasteiger partial charge in [0.2, 0.25) is 0 Å². The average Bonchev–Trinajstić information content (AvgIpc) is 2.72. The molecule has 0 aliphatic carbocycles. The van der Waals surface area contributed by atoms with Crippen molar-refractivity contribution in [2.24, 2.45) is 0 Å². The molecule has 2 aromatic carbocycles. The van der Waals surface area contributed by atoms with E-state index in [2.05, 4.69) is 31.2 Å². The molecule has 3 heteroatoms. The standard InChI is InChI=1S/C24H32O2S/c1-3-4-5-6-7-11-18-27-24(21-12-9-8-10-13-21)19-23(25)20-14-16-22(26-2)17-15-20/h8-10,12-17,24H,3-7,11,18-19H2,1-2H3. The third kappa shape index (κ3) is 7.80. The van der Waals surface area contributed by atoms with Crippen molar-refractivity contribution in [3.8, 4) is 5.75 Å². The number of ether oxygens (including phenoxy) is 1. The van der Waals surface area contributed by atoms with Gasteiger partial charge in [0.25, 0.3) is 0 Å². The van der Waals surface area contributed by atoms with Crippen LogP contribution in [0.25, 0.3) is 0 Å². The summed E-state index contributed by atoms with van der Waals surface area (Å²) in [5, 5.41) is 0.219. The van der Waals surface area contributed by atoms with Crippen LogP contribution in [0.3, 0.4) is 0 Å². The Morgan fingerprint density at radius 3 is 2.26 bits per heavy atom. The van der Waals surface area contributed by atoms with Gasteiger partial charge < -0.3 is 4.74 Å². The zero-order valence-electron chi connectivity index (χ0n) is 16.7. The van der Waals surface area contributed by atoms with Crippen LogP contribution in [0.5, 0.6) is 5.75 Å². The van der Waals surface area contributed by atoms with Crippen molar-refractivity contribution < 1.29 is 9.53 Å². The lowest BCUT2D eigenvalue weighted by Gasteiger charge is -2.17. The van der Waals surface area contributed by atoms with Crippen LogP contribution in [0.1, 0.15) is 73.0 Å². The molecule has 0 spiro atoms. The van der Waals surface area contributed by atoms with Crippen LogP contribution in [-0.2, 0) is 0 Å². The number of rotatable bonds is 13. The fourth-order valence-electron chi connectivity index (χ4n) is 3.11. The molecule has 0 aromatic heterocycles. The van der Waals surface area contributed by atoms with Crippen LogP contribution in [0, 0.1) is 0 Å². The quantitative estimate of drug-likeness (QED) is 0.272. The minimum atomic E-state index is 0.196. The van der Waals surface area contributed by atoms with Gasteiger partial charge in [-0.05, 0) is 42.0 Å². The molecular weight excluding hydrogens is 352 g/mol. The zero-order valence-corrected chi connectivity index (χ0v) is 17.5. The number of carbonyl (C=O) groups excluding carboxylic acids is 1. The van der Waals surface area contributed by atoms with Gasteiger partial charge in [-0.3, -0.25) is 4.79 Å². The number of Topliss-reactive ketones (excluding diaryl/α,β-unsaturated/α-hetero) is 1. The molecule has 1 atom stereocenters. The molecule has 27 heavy (non-hydrogen) atoms. The van der Waals surface area contributed by atoms with Gasteiger partial charge in [-0.25, -0.2) is 0 Å². The van der Waals surface area contributed by atoms with E-state index in [9.17, 15) is 4.79 Å². The molecule has 1 unspecified atom stereocenters. The van der Waals surface area contributed by atoms with E-state index in [-0.39, 0.29) is 11.0 Å². The van der Waals surface area contributed by atoms with Crippen molar-refractivity contribution in [1.82, 2.24) is 0 Å². The molecule has 0 heterocycles. The summed E-state index contributed by atoms with van der Waals surface area (Å²) < 4.78 is 5.18. The summed E-state index contributed by atoms with van der Waals surface area (Å²) in [5.41, 5.74) is 2.01. The first-order valence-electron chi connectivity index (χ1n) is 10.1. The van der Waals surface area contributed by atoms with Crippen LogP contribution in [-0.4, -0.2) is 18.6 Å². The summed E-state index contributed by atoms with van der Waals surface area (Å²) in [7, 11) is 1.64. The molecule has 0 aliphatic rings. The number of ketones is 1. The SMILES string of the molecule is CCCCCCCCSC(CC(=O)c1ccc(OC)cc1)c1ccccc1. The summed E-state index contributed by atoms with van der Waals surface area (Å²) in [6, 6.07) is 17.9. The van der Waals surface area contributed by atoms with Gasteiger partial charge in [0.1, 0.15) is 5.75 Å². The Morgan fingerprint density at radius 1 is 0.926 bits per heavy atom. The van der Waals surface area contributed by atoms with Crippen molar-refractivity contribution in [3.63, 3.8) is 0 Å². The smallest absolute Gasteiger partial charge is 0.164 e. The van der Waals surface area contributed by atoms with Gasteiger partial charge in [-0.15, -0.1) is 0 Å². The normalized spacial score (nSPS) is 11.9. The molecule has 0 N–H and O–H groups in total. The number of unbranched alkanes of at least 4 members (excludes halogenated alkanes) is 5. The molecule has 0 fully saturated rings. The minimum absolute atomic E-state index is 0.196. The fourth-order valence-corrected chi connectivity index (χ4v) is 4.39. The van der Waals surface area contributed by atoms with Crippen LogP contribution >= 0.6 is 11.8 Å². The van der Waals surface area contributed by atoms with Crippen LogP contribution in [0.15, 0.2) is 54.6 Å². The molecule has 0 bridgehead atoms. The Kier molecular flexibility index (Phi) is 10.1. The number of carbonyl (C=O) groups is 1. The van der Waals surface area contributed by atoms with Crippen molar-refractivity contribution in [1.29, 1.82) is 0 Å². The van der Waals surface area contributed by atoms with E-state index in [1.807, 2.05) is 42.1 Å². The Balaban J connectivity index is 1.91. The van der Waals surface area contributed by atoms with Crippen LogP contribution < -0.4 is 4.74 Å². The van der Waals surface area contributed by atoms with Crippen molar-refractivity contribution in [3.05, 3.63) is 65.7 Å². The molecule has 2 rings (SSSR count). The fraction of sp³-hybridized carbons (Fsp3) is 0.458. The highest BCUT2D eigenvalue weighted by Crippen LogP contribution is 2.34. The van der Waals surface area contributed by atoms with Crippen molar-refractivity contribution in [2.75, 3.05) is 12.9 Å². The second kappa shape index (κ2) is 12.6. The predicted molar refractivity (Wildman–Crippen MR) is 117 cm³/mol. The largest absolute Gasteiger partial charge is 0.497 e. The number of thioether (sulfide) groups is 1. The maximum absolute atomic E-state index is 12.8. The third-order valence-electron chi connectivity index (χ3n) is 4.77. The van der Waals surface area contributed by atoms with Gasteiger partial charge in [0.15, 0.2) is 5.78 Å². The van der Waals surface area contributed by atoms with E-state index in [0.717, 1.165) is 17.1 Å². The molecule has 2 nitrogen and oxygen atoms in total. The van der Waals surface area contributed by atoms with Crippen LogP contribution in [0.2, 0.25) is 0 Å². The van der Waals surface area contributed by atoms with E-state index in [0.29, 0.717) is 6.42 Å². The summed E-state index contributed by atoms with van der Waals surface area (Å²) in [4.78, 5) is 12.8. The van der Waals surface area contributed by atoms with Crippen molar-refractivity contribution in [2.45, 2.75) is 57.1 Å². The van der Waals surface area contributed by atoms with E-state index in [1.165, 1.54) is 44.1 Å². The topological polar surface area (TPSA) is 26.3 Å². The lowest BCUT2D eigenvalue weighted by atomic mass is 10.0. The number of methoxy groups -OCH3 is 1. The lowest BCUT2D eigenvalue weighted by Crippen LogP contribution is -2.06. The Morgan fingerprint density at radius 2 is 1.59 bits per heavy atom. The monoisotopic (exact) mass is 384 g/mol. The molecule has 2 aromatic rings. The van der Waals surface area contributed by atoms with Gasteiger partial charge >= 0.3 is 0 Å². The predicted octanol–water partition coefficient (Wildman–Crippen LogP) is 7.10. The van der Waals surface area contributed by atoms with Crippen LogP contribution in [0.4, 0.5) is 0 Å². The first-order chi connectivity index (χ1) is 13.2. The highest BCUT2D eigenvalue weighted by molar-refractivity contribution is 7.99. The summed E-state index contributed by atoms with van der Waals surface area (Å²) >= 11 is 1.92. The van der Waals surface area contributed by atoms with E-state index in [4.69, 9.17) is 4.74 Å². The molecule has 146 valence electrons. The third-order valence-corrected chi connectivity index (χ3v) is 6.14. The number of hydrogen-bond donors (Lipinski definition) is 0. The maximum Gasteiger partial charge on any atom is 0.164 e. The summed E-state index contributed by atoms with van der Waals surface area (Å²) in [5.74, 6) is 2.09. The van der Waals surface area contributed by atoms with Gasteiger partial charge in [0.05, 0.1) is 7.11 Å². The van der Waals surface area contributed by atoms with E-state index < -0.39 is 0 Å². The molecule has 0 saturated carbocycles. The number of hydrogen-bond acceptors (Lipinski definition) is 3. The zero-order chi connectivity index (χ0) is 19.3. The van der Waals surface area contributed by atoms with Gasteiger partial charge in [-0.1, -0.05) is 69.4 Å². The summed E-state index contributed by atoms with van der Waals surface area (Å²) in [6.45, 7) is 2.25. The average molecular weight is 385 g/mol. The Labute approximate surface area is 168 Å².